The highest BCUT2D eigenvalue weighted by Crippen LogP contribution is 2.35. The van der Waals surface area contributed by atoms with E-state index >= 15 is 0 Å². The summed E-state index contributed by atoms with van der Waals surface area (Å²) in [7, 11) is 0. The van der Waals surface area contributed by atoms with Crippen LogP contribution in [-0.4, -0.2) is 0 Å². The highest BCUT2D eigenvalue weighted by molar-refractivity contribution is 5.91. The topological polar surface area (TPSA) is 9.23 Å². The van der Waals surface area contributed by atoms with Crippen LogP contribution in [-0.2, 0) is 12.5 Å². The fourth-order valence-corrected chi connectivity index (χ4v) is 4.52. The molecule has 0 saturated carbocycles. The molecular formula is C32H21F7O. The van der Waals surface area contributed by atoms with Crippen molar-refractivity contribution >= 4 is 10.8 Å². The molecule has 0 unspecified atom stereocenters. The van der Waals surface area contributed by atoms with Crippen LogP contribution in [0.5, 0.6) is 5.75 Å². The fraction of sp³-hybridized carbons (Fsp3) is 0.125. The molecule has 1 nitrogen and oxygen atoms in total. The van der Waals surface area contributed by atoms with Crippen molar-refractivity contribution in [3.05, 3.63) is 125 Å². The van der Waals surface area contributed by atoms with Gasteiger partial charge in [-0.05, 0) is 63.7 Å². The first-order chi connectivity index (χ1) is 19.1. The lowest BCUT2D eigenvalue weighted by Crippen LogP contribution is -2.22. The van der Waals surface area contributed by atoms with E-state index in [1.807, 2.05) is 13.0 Å². The zero-order valence-electron chi connectivity index (χ0n) is 21.1. The second-order valence-corrected chi connectivity index (χ2v) is 9.32. The first-order valence-corrected chi connectivity index (χ1v) is 12.4. The molecule has 0 aliphatic heterocycles. The minimum atomic E-state index is -3.95. The van der Waals surface area contributed by atoms with Gasteiger partial charge in [0, 0.05) is 17.7 Å². The van der Waals surface area contributed by atoms with Crippen LogP contribution in [0.3, 0.4) is 0 Å². The van der Waals surface area contributed by atoms with Gasteiger partial charge < -0.3 is 4.74 Å². The molecular weight excluding hydrogens is 533 g/mol. The number of benzene rings is 5. The summed E-state index contributed by atoms with van der Waals surface area (Å²) in [5.74, 6) is -7.67. The van der Waals surface area contributed by atoms with Crippen LogP contribution < -0.4 is 4.74 Å². The Labute approximate surface area is 225 Å². The smallest absolute Gasteiger partial charge is 0.426 e. The highest BCUT2D eigenvalue weighted by atomic mass is 19.3. The second kappa shape index (κ2) is 10.7. The fourth-order valence-electron chi connectivity index (χ4n) is 4.52. The molecule has 5 aromatic rings. The Hall–Kier alpha value is -4.33. The summed E-state index contributed by atoms with van der Waals surface area (Å²) in [6.07, 6.45) is -2.80. The van der Waals surface area contributed by atoms with Gasteiger partial charge in [0.2, 0.25) is 0 Å². The van der Waals surface area contributed by atoms with Crippen molar-refractivity contribution in [3.8, 4) is 28.0 Å². The summed E-state index contributed by atoms with van der Waals surface area (Å²) in [5, 5.41) is 1.57. The summed E-state index contributed by atoms with van der Waals surface area (Å²) >= 11 is 0. The Morgan fingerprint density at radius 3 is 1.80 bits per heavy atom. The lowest BCUT2D eigenvalue weighted by atomic mass is 9.96. The van der Waals surface area contributed by atoms with Crippen LogP contribution in [0.2, 0.25) is 0 Å². The van der Waals surface area contributed by atoms with Gasteiger partial charge >= 0.3 is 6.11 Å². The SMILES string of the molecule is CCCc1ccc(-c2ccc3cc(-c4ccc(C(F)(F)Oc5cc(F)c(F)c(F)c5)cc4)ccc3c2)c(F)c1F. The van der Waals surface area contributed by atoms with Crippen molar-refractivity contribution in [2.24, 2.45) is 0 Å². The number of rotatable bonds is 7. The number of hydrogen-bond donors (Lipinski definition) is 0. The van der Waals surface area contributed by atoms with E-state index in [1.54, 1.807) is 42.5 Å². The Bertz CT molecular complexity index is 1690. The number of alkyl halides is 2. The van der Waals surface area contributed by atoms with Gasteiger partial charge in [0.15, 0.2) is 29.1 Å². The Morgan fingerprint density at radius 1 is 0.600 bits per heavy atom. The molecule has 0 heterocycles. The molecule has 5 aromatic carbocycles. The van der Waals surface area contributed by atoms with Crippen LogP contribution in [0.25, 0.3) is 33.0 Å². The number of fused-ring (bicyclic) bond motifs is 1. The van der Waals surface area contributed by atoms with Gasteiger partial charge in [0.1, 0.15) is 5.75 Å². The third kappa shape index (κ3) is 5.26. The maximum absolute atomic E-state index is 14.8. The first-order valence-electron chi connectivity index (χ1n) is 12.4. The van der Waals surface area contributed by atoms with Crippen LogP contribution >= 0.6 is 0 Å². The number of halogens is 7. The van der Waals surface area contributed by atoms with Crippen LogP contribution in [0.1, 0.15) is 24.5 Å². The van der Waals surface area contributed by atoms with Gasteiger partial charge in [0.25, 0.3) is 0 Å². The van der Waals surface area contributed by atoms with Crippen molar-refractivity contribution in [2.75, 3.05) is 0 Å². The summed E-state index contributed by atoms with van der Waals surface area (Å²) in [6.45, 7) is 1.89. The second-order valence-electron chi connectivity index (χ2n) is 9.32. The standard InChI is InChI=1S/C32H21F7O/c1-2-3-19-10-13-26(30(36)29(19)35)23-7-6-21-14-20(4-5-22(21)15-23)18-8-11-24(12-9-18)32(38,39)40-25-16-27(33)31(37)28(34)17-25/h4-17H,2-3H2,1H3. The molecule has 0 aromatic heterocycles. The normalized spacial score (nSPS) is 11.7. The van der Waals surface area contributed by atoms with Crippen molar-refractivity contribution in [2.45, 2.75) is 25.9 Å². The minimum absolute atomic E-state index is 0.160. The van der Waals surface area contributed by atoms with Crippen LogP contribution in [0.4, 0.5) is 30.7 Å². The van der Waals surface area contributed by atoms with E-state index in [0.29, 0.717) is 47.2 Å². The van der Waals surface area contributed by atoms with E-state index in [4.69, 9.17) is 0 Å². The third-order valence-electron chi connectivity index (χ3n) is 6.59. The maximum atomic E-state index is 14.8. The maximum Gasteiger partial charge on any atom is 0.426 e. The quantitative estimate of drug-likeness (QED) is 0.144. The van der Waals surface area contributed by atoms with E-state index in [1.165, 1.54) is 12.1 Å². The Kier molecular flexibility index (Phi) is 7.27. The molecule has 40 heavy (non-hydrogen) atoms. The van der Waals surface area contributed by atoms with Gasteiger partial charge in [0.05, 0.1) is 5.56 Å². The zero-order chi connectivity index (χ0) is 28.6. The average molecular weight is 555 g/mol. The molecule has 204 valence electrons. The van der Waals surface area contributed by atoms with E-state index in [2.05, 4.69) is 4.74 Å². The molecule has 0 N–H and O–H groups in total. The molecule has 0 aliphatic carbocycles. The van der Waals surface area contributed by atoms with Gasteiger partial charge in [-0.2, -0.15) is 8.78 Å². The molecule has 0 bridgehead atoms. The summed E-state index contributed by atoms with van der Waals surface area (Å²) in [6, 6.07) is 19.5. The summed E-state index contributed by atoms with van der Waals surface area (Å²) < 4.78 is 103. The van der Waals surface area contributed by atoms with Gasteiger partial charge in [-0.15, -0.1) is 0 Å². The first kappa shape index (κ1) is 27.2. The average Bonchev–Trinajstić information content (AvgIpc) is 2.94. The minimum Gasteiger partial charge on any atom is -0.429 e. The summed E-state index contributed by atoms with van der Waals surface area (Å²) in [5.41, 5.74) is 1.75. The van der Waals surface area contributed by atoms with Crippen molar-refractivity contribution in [3.63, 3.8) is 0 Å². The molecule has 8 heteroatoms. The van der Waals surface area contributed by atoms with Gasteiger partial charge in [-0.1, -0.05) is 61.9 Å². The highest BCUT2D eigenvalue weighted by Gasteiger charge is 2.35. The largest absolute Gasteiger partial charge is 0.429 e. The number of hydrogen-bond acceptors (Lipinski definition) is 1. The predicted molar refractivity (Wildman–Crippen MR) is 140 cm³/mol. The van der Waals surface area contributed by atoms with Crippen LogP contribution in [0.15, 0.2) is 84.9 Å². The van der Waals surface area contributed by atoms with Crippen LogP contribution in [0, 0.1) is 29.1 Å². The molecule has 0 fully saturated rings. The Morgan fingerprint density at radius 2 is 1.18 bits per heavy atom. The Balaban J connectivity index is 1.38. The van der Waals surface area contributed by atoms with Crippen molar-refractivity contribution in [1.29, 1.82) is 0 Å². The molecule has 5 rings (SSSR count). The van der Waals surface area contributed by atoms with E-state index in [9.17, 15) is 30.7 Å². The molecule has 0 radical (unpaired) electrons. The van der Waals surface area contributed by atoms with E-state index in [0.717, 1.165) is 22.9 Å². The van der Waals surface area contributed by atoms with E-state index in [-0.39, 0.29) is 5.56 Å². The number of ether oxygens (including phenoxy) is 1. The third-order valence-corrected chi connectivity index (χ3v) is 6.59. The lowest BCUT2D eigenvalue weighted by Gasteiger charge is -2.19. The van der Waals surface area contributed by atoms with Gasteiger partial charge in [-0.25, -0.2) is 22.0 Å². The molecule has 0 amide bonds. The molecule has 0 atom stereocenters. The molecule has 0 saturated heterocycles. The summed E-state index contributed by atoms with van der Waals surface area (Å²) in [4.78, 5) is 0. The molecule has 0 spiro atoms. The van der Waals surface area contributed by atoms with Crippen molar-refractivity contribution in [1.82, 2.24) is 0 Å². The molecule has 0 aliphatic rings. The van der Waals surface area contributed by atoms with E-state index < -0.39 is 46.5 Å². The number of aryl methyl sites for hydroxylation is 1. The predicted octanol–water partition coefficient (Wildman–Crippen LogP) is 9.95. The zero-order valence-corrected chi connectivity index (χ0v) is 21.1. The van der Waals surface area contributed by atoms with Crippen molar-refractivity contribution < 1.29 is 35.5 Å². The van der Waals surface area contributed by atoms with Gasteiger partial charge in [-0.3, -0.25) is 0 Å². The lowest BCUT2D eigenvalue weighted by molar-refractivity contribution is -0.185. The monoisotopic (exact) mass is 554 g/mol.